The average molecular weight is 355 g/mol. The van der Waals surface area contributed by atoms with Gasteiger partial charge < -0.3 is 5.32 Å². The topological polar surface area (TPSA) is 90.3 Å². The molecule has 3 amide bonds. The fourth-order valence-electron chi connectivity index (χ4n) is 3.23. The molecule has 1 heterocycles. The van der Waals surface area contributed by atoms with Crippen LogP contribution >= 0.6 is 0 Å². The minimum absolute atomic E-state index is 0.401. The number of benzene rings is 3. The SMILES string of the molecule is N#Cc1cccc(NC(=O)CN2C(=O)c3cccc4cccc(c34)C2=O)c1. The first kappa shape index (κ1) is 16.5. The molecule has 0 atom stereocenters. The standard InChI is InChI=1S/C21H13N3O3/c22-11-13-4-1-7-15(10-13)23-18(25)12-24-20(26)16-8-2-5-14-6-3-9-17(19(14)16)21(24)27/h1-10H,12H2,(H,23,25). The van der Waals surface area contributed by atoms with Crippen molar-refractivity contribution >= 4 is 34.2 Å². The number of nitriles is 1. The number of rotatable bonds is 3. The van der Waals surface area contributed by atoms with Crippen LogP contribution in [-0.2, 0) is 4.79 Å². The van der Waals surface area contributed by atoms with Crippen LogP contribution in [0.2, 0.25) is 0 Å². The van der Waals surface area contributed by atoms with Crippen LogP contribution < -0.4 is 5.32 Å². The zero-order valence-corrected chi connectivity index (χ0v) is 14.1. The number of amides is 3. The highest BCUT2D eigenvalue weighted by Gasteiger charge is 2.33. The number of nitrogens with zero attached hydrogens (tertiary/aromatic N) is 2. The maximum Gasteiger partial charge on any atom is 0.261 e. The van der Waals surface area contributed by atoms with Gasteiger partial charge in [0.05, 0.1) is 11.6 Å². The molecule has 27 heavy (non-hydrogen) atoms. The predicted molar refractivity (Wildman–Crippen MR) is 99.1 cm³/mol. The van der Waals surface area contributed by atoms with Crippen LogP contribution in [-0.4, -0.2) is 29.2 Å². The van der Waals surface area contributed by atoms with E-state index in [1.54, 1.807) is 42.5 Å². The van der Waals surface area contributed by atoms with Gasteiger partial charge in [0.2, 0.25) is 5.91 Å². The average Bonchev–Trinajstić information content (AvgIpc) is 2.69. The lowest BCUT2D eigenvalue weighted by Gasteiger charge is -2.26. The van der Waals surface area contributed by atoms with Gasteiger partial charge in [-0.25, -0.2) is 0 Å². The van der Waals surface area contributed by atoms with Crippen molar-refractivity contribution in [3.8, 4) is 6.07 Å². The first-order chi connectivity index (χ1) is 13.1. The van der Waals surface area contributed by atoms with Crippen molar-refractivity contribution in [2.24, 2.45) is 0 Å². The maximum atomic E-state index is 12.8. The smallest absolute Gasteiger partial charge is 0.261 e. The summed E-state index contributed by atoms with van der Waals surface area (Å²) in [6.45, 7) is -0.404. The number of imide groups is 1. The van der Waals surface area contributed by atoms with Crippen molar-refractivity contribution < 1.29 is 14.4 Å². The number of carbonyl (C=O) groups excluding carboxylic acids is 3. The van der Waals surface area contributed by atoms with Gasteiger partial charge in [-0.3, -0.25) is 19.3 Å². The third-order valence-electron chi connectivity index (χ3n) is 4.43. The van der Waals surface area contributed by atoms with Crippen LogP contribution in [0.3, 0.4) is 0 Å². The molecule has 6 heteroatoms. The number of anilines is 1. The van der Waals surface area contributed by atoms with Crippen molar-refractivity contribution in [3.05, 3.63) is 77.4 Å². The maximum absolute atomic E-state index is 12.8. The van der Waals surface area contributed by atoms with Crippen molar-refractivity contribution in [2.45, 2.75) is 0 Å². The van der Waals surface area contributed by atoms with Gasteiger partial charge >= 0.3 is 0 Å². The summed E-state index contributed by atoms with van der Waals surface area (Å²) >= 11 is 0. The molecule has 0 aliphatic carbocycles. The highest BCUT2D eigenvalue weighted by atomic mass is 16.2. The van der Waals surface area contributed by atoms with E-state index in [2.05, 4.69) is 5.32 Å². The van der Waals surface area contributed by atoms with Gasteiger partial charge in [-0.15, -0.1) is 0 Å². The lowest BCUT2D eigenvalue weighted by molar-refractivity contribution is -0.116. The normalized spacial score (nSPS) is 12.8. The van der Waals surface area contributed by atoms with Gasteiger partial charge in [0.1, 0.15) is 6.54 Å². The molecule has 6 nitrogen and oxygen atoms in total. The molecule has 0 spiro atoms. The van der Waals surface area contributed by atoms with Crippen molar-refractivity contribution in [1.82, 2.24) is 4.90 Å². The second-order valence-electron chi connectivity index (χ2n) is 6.15. The Labute approximate surface area is 154 Å². The van der Waals surface area contributed by atoms with Crippen LogP contribution in [0.15, 0.2) is 60.7 Å². The molecule has 0 radical (unpaired) electrons. The summed E-state index contributed by atoms with van der Waals surface area (Å²) in [5, 5.41) is 13.0. The van der Waals surface area contributed by atoms with Crippen LogP contribution in [0.1, 0.15) is 26.3 Å². The molecule has 0 unspecified atom stereocenters. The second-order valence-corrected chi connectivity index (χ2v) is 6.15. The quantitative estimate of drug-likeness (QED) is 0.732. The summed E-state index contributed by atoms with van der Waals surface area (Å²) in [4.78, 5) is 38.9. The Bertz CT molecular complexity index is 1110. The summed E-state index contributed by atoms with van der Waals surface area (Å²) < 4.78 is 0. The summed E-state index contributed by atoms with van der Waals surface area (Å²) in [6, 6.07) is 18.9. The highest BCUT2D eigenvalue weighted by molar-refractivity contribution is 6.26. The van der Waals surface area contributed by atoms with E-state index in [0.717, 1.165) is 10.3 Å². The molecule has 130 valence electrons. The zero-order valence-electron chi connectivity index (χ0n) is 14.1. The van der Waals surface area contributed by atoms with Crippen LogP contribution in [0.5, 0.6) is 0 Å². The third-order valence-corrected chi connectivity index (χ3v) is 4.43. The molecule has 3 aromatic carbocycles. The van der Waals surface area contributed by atoms with Gasteiger partial charge in [0.25, 0.3) is 11.8 Å². The van der Waals surface area contributed by atoms with Crippen LogP contribution in [0.4, 0.5) is 5.69 Å². The molecule has 1 N–H and O–H groups in total. The first-order valence-corrected chi connectivity index (χ1v) is 8.26. The Balaban J connectivity index is 1.61. The predicted octanol–water partition coefficient (Wildman–Crippen LogP) is 2.95. The molecule has 0 fully saturated rings. The number of hydrogen-bond acceptors (Lipinski definition) is 4. The van der Waals surface area contributed by atoms with E-state index in [9.17, 15) is 14.4 Å². The summed E-state index contributed by atoms with van der Waals surface area (Å²) in [5.41, 5.74) is 1.64. The van der Waals surface area contributed by atoms with Crippen molar-refractivity contribution in [2.75, 3.05) is 11.9 Å². The Morgan fingerprint density at radius 3 is 2.22 bits per heavy atom. The van der Waals surface area contributed by atoms with E-state index in [1.165, 1.54) is 6.07 Å². The summed E-state index contributed by atoms with van der Waals surface area (Å²) in [7, 11) is 0. The van der Waals surface area contributed by atoms with E-state index in [1.807, 2.05) is 18.2 Å². The van der Waals surface area contributed by atoms with E-state index >= 15 is 0 Å². The Hall–Kier alpha value is -3.98. The lowest BCUT2D eigenvalue weighted by atomic mass is 9.94. The van der Waals surface area contributed by atoms with Crippen molar-refractivity contribution in [1.29, 1.82) is 5.26 Å². The molecule has 1 aliphatic rings. The fourth-order valence-corrected chi connectivity index (χ4v) is 3.23. The first-order valence-electron chi connectivity index (χ1n) is 8.26. The van der Waals surface area contributed by atoms with E-state index in [0.29, 0.717) is 27.8 Å². The Morgan fingerprint density at radius 1 is 0.963 bits per heavy atom. The number of hydrogen-bond donors (Lipinski definition) is 1. The van der Waals surface area contributed by atoms with Gasteiger partial charge in [-0.2, -0.15) is 5.26 Å². The second kappa shape index (κ2) is 6.39. The molecular formula is C21H13N3O3. The van der Waals surface area contributed by atoms with Crippen LogP contribution in [0.25, 0.3) is 10.8 Å². The molecule has 0 bridgehead atoms. The van der Waals surface area contributed by atoms with Gasteiger partial charge in [0.15, 0.2) is 0 Å². The number of carbonyl (C=O) groups is 3. The largest absolute Gasteiger partial charge is 0.324 e. The summed E-state index contributed by atoms with van der Waals surface area (Å²) in [6.07, 6.45) is 0. The minimum Gasteiger partial charge on any atom is -0.324 e. The molecule has 0 saturated carbocycles. The monoisotopic (exact) mass is 355 g/mol. The third kappa shape index (κ3) is 2.81. The molecular weight excluding hydrogens is 342 g/mol. The highest BCUT2D eigenvalue weighted by Crippen LogP contribution is 2.29. The molecule has 0 aromatic heterocycles. The lowest BCUT2D eigenvalue weighted by Crippen LogP contribution is -2.44. The van der Waals surface area contributed by atoms with Gasteiger partial charge in [-0.05, 0) is 35.7 Å². The molecule has 3 aromatic rings. The molecule has 1 aliphatic heterocycles. The Kier molecular flexibility index (Phi) is 3.90. The minimum atomic E-state index is -0.515. The van der Waals surface area contributed by atoms with Gasteiger partial charge in [0, 0.05) is 22.2 Å². The van der Waals surface area contributed by atoms with Crippen LogP contribution in [0, 0.1) is 11.3 Å². The van der Waals surface area contributed by atoms with E-state index in [4.69, 9.17) is 5.26 Å². The van der Waals surface area contributed by atoms with E-state index < -0.39 is 24.3 Å². The fraction of sp³-hybridized carbons (Fsp3) is 0.0476. The molecule has 4 rings (SSSR count). The summed E-state index contributed by atoms with van der Waals surface area (Å²) in [5.74, 6) is -1.51. The number of nitrogens with one attached hydrogen (secondary N) is 1. The molecule has 0 saturated heterocycles. The van der Waals surface area contributed by atoms with Gasteiger partial charge in [-0.1, -0.05) is 30.3 Å². The van der Waals surface area contributed by atoms with Crippen molar-refractivity contribution in [3.63, 3.8) is 0 Å². The Morgan fingerprint density at radius 2 is 1.59 bits per heavy atom. The van der Waals surface area contributed by atoms with E-state index in [-0.39, 0.29) is 0 Å². The zero-order chi connectivity index (χ0) is 19.0.